The summed E-state index contributed by atoms with van der Waals surface area (Å²) < 4.78 is 0. The fourth-order valence-corrected chi connectivity index (χ4v) is 1.79. The minimum Gasteiger partial charge on any atom is -0.283 e. The number of nitrogens with one attached hydrogen (secondary N) is 2. The molecule has 2 rings (SSSR count). The molecule has 0 unspecified atom stereocenters. The van der Waals surface area contributed by atoms with Gasteiger partial charge in [-0.05, 0) is 12.8 Å². The lowest BCUT2D eigenvalue weighted by atomic mass is 10.2. The van der Waals surface area contributed by atoms with E-state index in [4.69, 9.17) is 0 Å². The van der Waals surface area contributed by atoms with Gasteiger partial charge in [-0.15, -0.1) is 0 Å². The molecule has 0 saturated carbocycles. The third kappa shape index (κ3) is 2.59. The zero-order valence-electron chi connectivity index (χ0n) is 9.18. The molecule has 0 aliphatic carbocycles. The van der Waals surface area contributed by atoms with Crippen molar-refractivity contribution >= 4 is 11.6 Å². The van der Waals surface area contributed by atoms with Gasteiger partial charge in [0.1, 0.15) is 6.20 Å². The van der Waals surface area contributed by atoms with E-state index in [1.165, 1.54) is 0 Å². The number of carbonyl (C=O) groups excluding carboxylic acids is 1. The van der Waals surface area contributed by atoms with Gasteiger partial charge in [-0.3, -0.25) is 25.4 Å². The molecule has 1 aromatic heterocycles. The summed E-state index contributed by atoms with van der Waals surface area (Å²) in [5, 5.41) is 18.3. The Morgan fingerprint density at radius 3 is 2.82 bits per heavy atom. The van der Waals surface area contributed by atoms with Crippen molar-refractivity contribution in [3.63, 3.8) is 0 Å². The van der Waals surface area contributed by atoms with Gasteiger partial charge in [0, 0.05) is 13.1 Å². The molecule has 1 aliphatic rings. The van der Waals surface area contributed by atoms with Crippen LogP contribution in [0.1, 0.15) is 29.8 Å². The zero-order valence-corrected chi connectivity index (χ0v) is 9.18. The summed E-state index contributed by atoms with van der Waals surface area (Å²) in [6.45, 7) is 1.54. The maximum absolute atomic E-state index is 11.8. The van der Waals surface area contributed by atoms with Crippen molar-refractivity contribution in [2.45, 2.75) is 19.3 Å². The number of hydrogen-bond acceptors (Lipinski definition) is 5. The van der Waals surface area contributed by atoms with Crippen LogP contribution in [0, 0.1) is 10.1 Å². The van der Waals surface area contributed by atoms with E-state index in [1.807, 2.05) is 0 Å². The number of nitro groups is 1. The van der Waals surface area contributed by atoms with E-state index in [0.29, 0.717) is 0 Å². The van der Waals surface area contributed by atoms with E-state index in [0.717, 1.165) is 38.5 Å². The monoisotopic (exact) mass is 239 g/mol. The van der Waals surface area contributed by atoms with Crippen LogP contribution in [0.4, 0.5) is 5.69 Å². The van der Waals surface area contributed by atoms with Crippen LogP contribution in [0.15, 0.2) is 6.20 Å². The van der Waals surface area contributed by atoms with Crippen LogP contribution in [-0.2, 0) is 0 Å². The fraction of sp³-hybridized carbons (Fsp3) is 0.556. The van der Waals surface area contributed by atoms with Crippen molar-refractivity contribution in [2.24, 2.45) is 0 Å². The molecule has 17 heavy (non-hydrogen) atoms. The second-order valence-electron chi connectivity index (χ2n) is 3.86. The number of hydrogen-bond donors (Lipinski definition) is 2. The molecule has 2 heterocycles. The van der Waals surface area contributed by atoms with Gasteiger partial charge in [-0.2, -0.15) is 5.10 Å². The summed E-state index contributed by atoms with van der Waals surface area (Å²) in [5.74, 6) is -0.542. The summed E-state index contributed by atoms with van der Waals surface area (Å²) in [6, 6.07) is 0. The second kappa shape index (κ2) is 4.91. The largest absolute Gasteiger partial charge is 0.319 e. The van der Waals surface area contributed by atoms with Gasteiger partial charge in [0.2, 0.25) is 5.69 Å². The summed E-state index contributed by atoms with van der Waals surface area (Å²) in [5.41, 5.74) is 2.14. The lowest BCUT2D eigenvalue weighted by Crippen LogP contribution is -2.45. The fourth-order valence-electron chi connectivity index (χ4n) is 1.79. The van der Waals surface area contributed by atoms with Gasteiger partial charge in [-0.25, -0.2) is 5.01 Å². The maximum Gasteiger partial charge on any atom is 0.319 e. The third-order valence-corrected chi connectivity index (χ3v) is 2.65. The number of aromatic amines is 1. The molecule has 0 bridgehead atoms. The van der Waals surface area contributed by atoms with Crippen LogP contribution in [-0.4, -0.2) is 39.1 Å². The number of amides is 1. The highest BCUT2D eigenvalue weighted by Gasteiger charge is 2.25. The number of nitrogens with zero attached hydrogens (tertiary/aromatic N) is 3. The molecule has 8 heteroatoms. The molecule has 92 valence electrons. The van der Waals surface area contributed by atoms with Crippen molar-refractivity contribution in [3.8, 4) is 0 Å². The van der Waals surface area contributed by atoms with Crippen molar-refractivity contribution in [3.05, 3.63) is 22.0 Å². The molecule has 2 N–H and O–H groups in total. The van der Waals surface area contributed by atoms with Gasteiger partial charge >= 0.3 is 5.69 Å². The number of rotatable bonds is 3. The molecule has 8 nitrogen and oxygen atoms in total. The molecular weight excluding hydrogens is 226 g/mol. The number of piperidine rings is 1. The van der Waals surface area contributed by atoms with Crippen LogP contribution in [0.5, 0.6) is 0 Å². The first-order valence-corrected chi connectivity index (χ1v) is 5.42. The summed E-state index contributed by atoms with van der Waals surface area (Å²) >= 11 is 0. The van der Waals surface area contributed by atoms with E-state index in [-0.39, 0.29) is 11.4 Å². The molecule has 1 amide bonds. The van der Waals surface area contributed by atoms with E-state index in [1.54, 1.807) is 5.01 Å². The van der Waals surface area contributed by atoms with Crippen molar-refractivity contribution < 1.29 is 9.72 Å². The number of H-pyrrole nitrogens is 1. The molecule has 0 aromatic carbocycles. The van der Waals surface area contributed by atoms with Crippen molar-refractivity contribution in [2.75, 3.05) is 13.1 Å². The standard InChI is InChI=1S/C9H13N5O3/c15-9(12-13-4-2-1-3-5-13)8-7(14(16)17)6-10-11-8/h6H,1-5H2,(H,10,11)(H,12,15). The summed E-state index contributed by atoms with van der Waals surface area (Å²) in [7, 11) is 0. The van der Waals surface area contributed by atoms with Crippen LogP contribution in [0.3, 0.4) is 0 Å². The predicted molar refractivity (Wildman–Crippen MR) is 58.1 cm³/mol. The Morgan fingerprint density at radius 1 is 1.47 bits per heavy atom. The third-order valence-electron chi connectivity index (χ3n) is 2.65. The minimum atomic E-state index is -0.630. The van der Waals surface area contributed by atoms with Crippen molar-refractivity contribution in [1.82, 2.24) is 20.6 Å². The highest BCUT2D eigenvalue weighted by atomic mass is 16.6. The molecule has 1 fully saturated rings. The molecule has 1 aromatic rings. The smallest absolute Gasteiger partial charge is 0.283 e. The van der Waals surface area contributed by atoms with Gasteiger partial charge in [0.25, 0.3) is 5.91 Å². The van der Waals surface area contributed by atoms with Gasteiger partial charge in [0.15, 0.2) is 0 Å². The molecule has 1 saturated heterocycles. The summed E-state index contributed by atoms with van der Waals surface area (Å²) in [6.07, 6.45) is 4.28. The maximum atomic E-state index is 11.8. The first kappa shape index (κ1) is 11.5. The number of hydrazine groups is 1. The molecule has 0 radical (unpaired) electrons. The van der Waals surface area contributed by atoms with Crippen molar-refractivity contribution in [1.29, 1.82) is 0 Å². The predicted octanol–water partition coefficient (Wildman–Crippen LogP) is 0.449. The Labute approximate surface area is 97.1 Å². The van der Waals surface area contributed by atoms with Crippen LogP contribution >= 0.6 is 0 Å². The Morgan fingerprint density at radius 2 is 2.18 bits per heavy atom. The first-order valence-electron chi connectivity index (χ1n) is 5.42. The second-order valence-corrected chi connectivity index (χ2v) is 3.86. The van der Waals surface area contributed by atoms with E-state index >= 15 is 0 Å². The zero-order chi connectivity index (χ0) is 12.3. The SMILES string of the molecule is O=C(NN1CCCCC1)c1n[nH]cc1[N+](=O)[O-]. The average Bonchev–Trinajstić information content (AvgIpc) is 2.79. The average molecular weight is 239 g/mol. The quantitative estimate of drug-likeness (QED) is 0.588. The van der Waals surface area contributed by atoms with Crippen LogP contribution in [0.2, 0.25) is 0 Å². The lowest BCUT2D eigenvalue weighted by Gasteiger charge is -2.26. The van der Waals surface area contributed by atoms with E-state index in [9.17, 15) is 14.9 Å². The number of carbonyl (C=O) groups is 1. The molecule has 0 atom stereocenters. The highest BCUT2D eigenvalue weighted by molar-refractivity contribution is 5.95. The molecular formula is C9H13N5O3. The highest BCUT2D eigenvalue weighted by Crippen LogP contribution is 2.14. The van der Waals surface area contributed by atoms with E-state index in [2.05, 4.69) is 15.6 Å². The lowest BCUT2D eigenvalue weighted by molar-refractivity contribution is -0.385. The molecule has 0 spiro atoms. The van der Waals surface area contributed by atoms with Crippen LogP contribution in [0.25, 0.3) is 0 Å². The molecule has 1 aliphatic heterocycles. The van der Waals surface area contributed by atoms with E-state index < -0.39 is 10.8 Å². The van der Waals surface area contributed by atoms with Gasteiger partial charge < -0.3 is 0 Å². The summed E-state index contributed by atoms with van der Waals surface area (Å²) in [4.78, 5) is 21.8. The Bertz CT molecular complexity index is 424. The topological polar surface area (TPSA) is 104 Å². The van der Waals surface area contributed by atoms with Gasteiger partial charge in [-0.1, -0.05) is 6.42 Å². The number of aromatic nitrogens is 2. The Balaban J connectivity index is 2.03. The van der Waals surface area contributed by atoms with Crippen LogP contribution < -0.4 is 5.43 Å². The normalized spacial score (nSPS) is 16.7. The first-order chi connectivity index (χ1) is 8.18. The Kier molecular flexibility index (Phi) is 3.33. The Hall–Kier alpha value is -1.96. The van der Waals surface area contributed by atoms with Gasteiger partial charge in [0.05, 0.1) is 4.92 Å². The minimum absolute atomic E-state index is 0.180.